The summed E-state index contributed by atoms with van der Waals surface area (Å²) in [6.45, 7) is 3.10. The summed E-state index contributed by atoms with van der Waals surface area (Å²) in [5.74, 6) is 0.185. The number of amides is 2. The predicted molar refractivity (Wildman–Crippen MR) is 133 cm³/mol. The number of hydrogen-bond acceptors (Lipinski definition) is 7. The van der Waals surface area contributed by atoms with Crippen LogP contribution in [0.4, 0.5) is 0 Å². The van der Waals surface area contributed by atoms with E-state index in [1.54, 1.807) is 31.1 Å². The van der Waals surface area contributed by atoms with E-state index in [4.69, 9.17) is 15.0 Å². The Labute approximate surface area is 211 Å². The number of rotatable bonds is 7. The van der Waals surface area contributed by atoms with Gasteiger partial charge in [-0.15, -0.1) is 0 Å². The van der Waals surface area contributed by atoms with Crippen molar-refractivity contribution in [2.75, 3.05) is 33.3 Å². The Balaban J connectivity index is 1.41. The molecule has 2 aliphatic heterocycles. The molecule has 36 heavy (non-hydrogen) atoms. The molecule has 0 aliphatic carbocycles. The van der Waals surface area contributed by atoms with Gasteiger partial charge in [0.05, 0.1) is 7.11 Å². The van der Waals surface area contributed by atoms with Crippen molar-refractivity contribution < 1.29 is 27.3 Å². The molecular formula is C25H32N4O6S. The summed E-state index contributed by atoms with van der Waals surface area (Å²) in [4.78, 5) is 26.2. The van der Waals surface area contributed by atoms with Gasteiger partial charge in [0, 0.05) is 38.0 Å². The Hall–Kier alpha value is -3.18. The fourth-order valence-corrected chi connectivity index (χ4v) is 6.52. The van der Waals surface area contributed by atoms with Gasteiger partial charge in [-0.25, -0.2) is 8.42 Å². The van der Waals surface area contributed by atoms with Crippen molar-refractivity contribution in [3.63, 3.8) is 0 Å². The Morgan fingerprint density at radius 2 is 1.64 bits per heavy atom. The molecule has 3 heterocycles. The highest BCUT2D eigenvalue weighted by atomic mass is 32.2. The van der Waals surface area contributed by atoms with E-state index >= 15 is 0 Å². The number of carbonyl (C=O) groups excluding carboxylic acids is 2. The Morgan fingerprint density at radius 3 is 2.22 bits per heavy atom. The highest BCUT2D eigenvalue weighted by Crippen LogP contribution is 2.30. The topological polar surface area (TPSA) is 136 Å². The fraction of sp³-hybridized carbons (Fsp3) is 0.480. The van der Waals surface area contributed by atoms with Crippen LogP contribution in [0.1, 0.15) is 42.7 Å². The SMILES string of the molecule is COc1ccc(C=Cc2onc(C)c2S(=O)(=O)N2CCC(C(=O)N3CCC(C(N)=O)CC3)CC2)cc1. The summed E-state index contributed by atoms with van der Waals surface area (Å²) in [5, 5.41) is 3.89. The quantitative estimate of drug-likeness (QED) is 0.596. The molecule has 10 nitrogen and oxygen atoms in total. The third kappa shape index (κ3) is 5.46. The van der Waals surface area contributed by atoms with Crippen LogP contribution in [0, 0.1) is 18.8 Å². The number of carbonyl (C=O) groups is 2. The first-order valence-electron chi connectivity index (χ1n) is 12.1. The van der Waals surface area contributed by atoms with Crippen LogP contribution in [-0.4, -0.2) is 67.9 Å². The highest BCUT2D eigenvalue weighted by molar-refractivity contribution is 7.89. The second-order valence-corrected chi connectivity index (χ2v) is 11.1. The lowest BCUT2D eigenvalue weighted by Gasteiger charge is -2.36. The van der Waals surface area contributed by atoms with Crippen molar-refractivity contribution in [1.29, 1.82) is 0 Å². The maximum atomic E-state index is 13.5. The van der Waals surface area contributed by atoms with Gasteiger partial charge in [-0.3, -0.25) is 9.59 Å². The molecule has 0 atom stereocenters. The lowest BCUT2D eigenvalue weighted by Crippen LogP contribution is -2.47. The fourth-order valence-electron chi connectivity index (χ4n) is 4.80. The zero-order chi connectivity index (χ0) is 25.9. The van der Waals surface area contributed by atoms with Gasteiger partial charge in [-0.1, -0.05) is 23.4 Å². The van der Waals surface area contributed by atoms with Crippen LogP contribution in [0.3, 0.4) is 0 Å². The summed E-state index contributed by atoms with van der Waals surface area (Å²) < 4.78 is 38.9. The molecule has 0 saturated carbocycles. The average molecular weight is 517 g/mol. The number of methoxy groups -OCH3 is 1. The van der Waals surface area contributed by atoms with E-state index in [0.717, 1.165) is 11.3 Å². The molecule has 0 unspecified atom stereocenters. The van der Waals surface area contributed by atoms with E-state index in [-0.39, 0.29) is 47.4 Å². The van der Waals surface area contributed by atoms with Crippen molar-refractivity contribution >= 4 is 34.0 Å². The van der Waals surface area contributed by atoms with Gasteiger partial charge in [0.1, 0.15) is 11.4 Å². The Kier molecular flexibility index (Phi) is 7.79. The van der Waals surface area contributed by atoms with Gasteiger partial charge in [-0.2, -0.15) is 4.31 Å². The molecule has 2 N–H and O–H groups in total. The summed E-state index contributed by atoms with van der Waals surface area (Å²) in [6.07, 6.45) is 5.39. The summed E-state index contributed by atoms with van der Waals surface area (Å²) >= 11 is 0. The van der Waals surface area contributed by atoms with Crippen LogP contribution in [0.15, 0.2) is 33.7 Å². The maximum absolute atomic E-state index is 13.5. The zero-order valence-electron chi connectivity index (χ0n) is 20.6. The zero-order valence-corrected chi connectivity index (χ0v) is 21.4. The highest BCUT2D eigenvalue weighted by Gasteiger charge is 2.37. The smallest absolute Gasteiger partial charge is 0.248 e. The van der Waals surface area contributed by atoms with E-state index in [1.165, 1.54) is 4.31 Å². The molecule has 2 aliphatic rings. The number of sulfonamides is 1. The maximum Gasteiger partial charge on any atom is 0.248 e. The minimum absolute atomic E-state index is 0.0271. The van der Waals surface area contributed by atoms with Gasteiger partial charge >= 0.3 is 0 Å². The van der Waals surface area contributed by atoms with Gasteiger partial charge in [-0.05, 0) is 56.4 Å². The number of likely N-dealkylation sites (tertiary alicyclic amines) is 1. The van der Waals surface area contributed by atoms with Crippen LogP contribution < -0.4 is 10.5 Å². The molecule has 0 radical (unpaired) electrons. The van der Waals surface area contributed by atoms with Crippen LogP contribution in [0.5, 0.6) is 5.75 Å². The second-order valence-electron chi connectivity index (χ2n) is 9.25. The molecule has 1 aromatic heterocycles. The summed E-state index contributed by atoms with van der Waals surface area (Å²) in [6, 6.07) is 7.33. The Bertz CT molecular complexity index is 1220. The van der Waals surface area contributed by atoms with Crippen molar-refractivity contribution in [2.45, 2.75) is 37.5 Å². The molecule has 0 spiro atoms. The van der Waals surface area contributed by atoms with Gasteiger partial charge < -0.3 is 19.9 Å². The van der Waals surface area contributed by atoms with Crippen LogP contribution in [0.25, 0.3) is 12.2 Å². The molecule has 2 fully saturated rings. The van der Waals surface area contributed by atoms with E-state index < -0.39 is 10.0 Å². The van der Waals surface area contributed by atoms with Crippen molar-refractivity contribution in [2.24, 2.45) is 17.6 Å². The molecule has 0 bridgehead atoms. The number of piperidine rings is 2. The lowest BCUT2D eigenvalue weighted by molar-refractivity contribution is -0.139. The van der Waals surface area contributed by atoms with Crippen LogP contribution in [-0.2, 0) is 19.6 Å². The van der Waals surface area contributed by atoms with Gasteiger partial charge in [0.15, 0.2) is 10.7 Å². The molecule has 11 heteroatoms. The number of nitrogens with two attached hydrogens (primary N) is 1. The average Bonchev–Trinajstić information content (AvgIpc) is 3.28. The molecular weight excluding hydrogens is 484 g/mol. The van der Waals surface area contributed by atoms with E-state index in [1.807, 2.05) is 24.3 Å². The number of aryl methyl sites for hydroxylation is 1. The standard InChI is InChI=1S/C25H32N4O6S/c1-17-23(22(35-27-17)8-5-18-3-6-21(34-2)7-4-18)36(32,33)29-15-11-20(12-16-29)25(31)28-13-9-19(10-14-28)24(26)30/h3-8,19-20H,9-16H2,1-2H3,(H2,26,30). The number of aromatic nitrogens is 1. The Morgan fingerprint density at radius 1 is 1.03 bits per heavy atom. The van der Waals surface area contributed by atoms with E-state index in [9.17, 15) is 18.0 Å². The minimum atomic E-state index is -3.86. The van der Waals surface area contributed by atoms with Crippen molar-refractivity contribution in [3.8, 4) is 5.75 Å². The molecule has 2 amide bonds. The number of hydrogen-bond donors (Lipinski definition) is 1. The molecule has 2 aromatic rings. The number of ether oxygens (including phenoxy) is 1. The predicted octanol–water partition coefficient (Wildman–Crippen LogP) is 2.29. The first kappa shape index (κ1) is 25.9. The first-order chi connectivity index (χ1) is 17.2. The summed E-state index contributed by atoms with van der Waals surface area (Å²) in [7, 11) is -2.27. The van der Waals surface area contributed by atoms with E-state index in [0.29, 0.717) is 44.5 Å². The molecule has 194 valence electrons. The molecule has 2 saturated heterocycles. The van der Waals surface area contributed by atoms with Crippen LogP contribution in [0.2, 0.25) is 0 Å². The number of nitrogens with zero attached hydrogens (tertiary/aromatic N) is 3. The number of primary amides is 1. The monoisotopic (exact) mass is 516 g/mol. The second kappa shape index (κ2) is 10.8. The molecule has 4 rings (SSSR count). The van der Waals surface area contributed by atoms with Gasteiger partial charge in [0.2, 0.25) is 21.8 Å². The van der Waals surface area contributed by atoms with Crippen molar-refractivity contribution in [3.05, 3.63) is 41.3 Å². The first-order valence-corrected chi connectivity index (χ1v) is 13.5. The third-order valence-electron chi connectivity index (χ3n) is 6.99. The molecule has 1 aromatic carbocycles. The number of benzene rings is 1. The van der Waals surface area contributed by atoms with Gasteiger partial charge in [0.25, 0.3) is 0 Å². The van der Waals surface area contributed by atoms with Crippen molar-refractivity contribution in [1.82, 2.24) is 14.4 Å². The third-order valence-corrected chi connectivity index (χ3v) is 9.04. The normalized spacial score (nSPS) is 18.6. The largest absolute Gasteiger partial charge is 0.497 e. The lowest BCUT2D eigenvalue weighted by atomic mass is 9.92. The summed E-state index contributed by atoms with van der Waals surface area (Å²) in [5.41, 5.74) is 6.53. The van der Waals surface area contributed by atoms with Crippen LogP contribution >= 0.6 is 0 Å². The minimum Gasteiger partial charge on any atom is -0.497 e. The van der Waals surface area contributed by atoms with E-state index in [2.05, 4.69) is 5.16 Å².